The molecule has 122 valence electrons. The van der Waals surface area contributed by atoms with Gasteiger partial charge in [0.05, 0.1) is 12.6 Å². The molecule has 1 heterocycles. The molecule has 1 amide bonds. The van der Waals surface area contributed by atoms with Crippen molar-refractivity contribution in [3.05, 3.63) is 35.9 Å². The molecule has 1 aliphatic rings. The second-order valence-electron chi connectivity index (χ2n) is 5.23. The van der Waals surface area contributed by atoms with E-state index in [1.165, 1.54) is 18.7 Å². The Morgan fingerprint density at radius 3 is 2.55 bits per heavy atom. The molecular formula is C15H21NO5S. The third-order valence-electron chi connectivity index (χ3n) is 3.51. The van der Waals surface area contributed by atoms with Crippen LogP contribution in [-0.4, -0.2) is 57.6 Å². The summed E-state index contributed by atoms with van der Waals surface area (Å²) in [4.78, 5) is 11.3. The van der Waals surface area contributed by atoms with Crippen LogP contribution in [0, 0.1) is 0 Å². The largest absolute Gasteiger partial charge is 0.394 e. The third-order valence-corrected chi connectivity index (χ3v) is 4.74. The van der Waals surface area contributed by atoms with Crippen molar-refractivity contribution >= 4 is 17.7 Å². The second-order valence-corrected chi connectivity index (χ2v) is 6.32. The number of ether oxygens (including phenoxy) is 1. The molecule has 0 aromatic heterocycles. The molecule has 1 saturated heterocycles. The Morgan fingerprint density at radius 2 is 1.95 bits per heavy atom. The van der Waals surface area contributed by atoms with Crippen LogP contribution in [0.3, 0.4) is 0 Å². The van der Waals surface area contributed by atoms with Crippen molar-refractivity contribution in [2.75, 3.05) is 6.61 Å². The maximum absolute atomic E-state index is 11.3. The fourth-order valence-corrected chi connectivity index (χ4v) is 3.57. The zero-order valence-electron chi connectivity index (χ0n) is 12.3. The molecule has 1 aromatic rings. The Morgan fingerprint density at radius 1 is 1.27 bits per heavy atom. The highest BCUT2D eigenvalue weighted by Gasteiger charge is 2.44. The standard InChI is InChI=1S/C15H21NO5S/c1-9(18)16-12-14(20)13(19)11(7-17)21-15(12)22-8-10-5-3-2-4-6-10/h2-6,11-15,17,19-20H,7-8H2,1H3,(H,16,18)/t11-,12-,13+,14-,15-/m1/s1. The quantitative estimate of drug-likeness (QED) is 0.601. The lowest BCUT2D eigenvalue weighted by Gasteiger charge is -2.42. The molecule has 5 atom stereocenters. The summed E-state index contributed by atoms with van der Waals surface area (Å²) < 4.78 is 5.64. The van der Waals surface area contributed by atoms with E-state index in [1.807, 2.05) is 30.3 Å². The first-order valence-corrected chi connectivity index (χ1v) is 8.13. The van der Waals surface area contributed by atoms with Crippen LogP contribution in [0.5, 0.6) is 0 Å². The normalized spacial score (nSPS) is 31.7. The van der Waals surface area contributed by atoms with Crippen LogP contribution < -0.4 is 5.32 Å². The van der Waals surface area contributed by atoms with E-state index in [9.17, 15) is 20.1 Å². The maximum atomic E-state index is 11.3. The van der Waals surface area contributed by atoms with E-state index in [1.54, 1.807) is 0 Å². The number of nitrogens with one attached hydrogen (secondary N) is 1. The Hall–Kier alpha value is -1.12. The topological polar surface area (TPSA) is 99.0 Å². The number of carbonyl (C=O) groups is 1. The monoisotopic (exact) mass is 327 g/mol. The molecule has 0 radical (unpaired) electrons. The molecule has 0 spiro atoms. The number of amides is 1. The number of benzene rings is 1. The van der Waals surface area contributed by atoms with Gasteiger partial charge in [-0.2, -0.15) is 0 Å². The van der Waals surface area contributed by atoms with Gasteiger partial charge in [0, 0.05) is 12.7 Å². The summed E-state index contributed by atoms with van der Waals surface area (Å²) in [7, 11) is 0. The van der Waals surface area contributed by atoms with Crippen LogP contribution in [-0.2, 0) is 15.3 Å². The van der Waals surface area contributed by atoms with Crippen molar-refractivity contribution in [1.29, 1.82) is 0 Å². The summed E-state index contributed by atoms with van der Waals surface area (Å²) in [6.07, 6.45) is -3.30. The molecule has 6 nitrogen and oxygen atoms in total. The first kappa shape index (κ1) is 17.2. The van der Waals surface area contributed by atoms with E-state index in [-0.39, 0.29) is 5.91 Å². The van der Waals surface area contributed by atoms with Gasteiger partial charge in [-0.3, -0.25) is 4.79 Å². The lowest BCUT2D eigenvalue weighted by molar-refractivity contribution is -0.173. The van der Waals surface area contributed by atoms with Gasteiger partial charge in [-0.15, -0.1) is 11.8 Å². The fourth-order valence-electron chi connectivity index (χ4n) is 2.37. The van der Waals surface area contributed by atoms with E-state index in [0.717, 1.165) is 5.56 Å². The van der Waals surface area contributed by atoms with Crippen LogP contribution in [0.15, 0.2) is 30.3 Å². The lowest BCUT2D eigenvalue weighted by Crippen LogP contribution is -2.63. The highest BCUT2D eigenvalue weighted by molar-refractivity contribution is 7.99. The van der Waals surface area contributed by atoms with Gasteiger partial charge in [0.1, 0.15) is 23.7 Å². The molecule has 1 aliphatic heterocycles. The first-order chi connectivity index (χ1) is 10.5. The van der Waals surface area contributed by atoms with Gasteiger partial charge >= 0.3 is 0 Å². The number of thioether (sulfide) groups is 1. The van der Waals surface area contributed by atoms with Gasteiger partial charge in [-0.1, -0.05) is 30.3 Å². The minimum atomic E-state index is -1.24. The van der Waals surface area contributed by atoms with Crippen molar-refractivity contribution < 1.29 is 24.9 Å². The highest BCUT2D eigenvalue weighted by Crippen LogP contribution is 2.30. The summed E-state index contributed by atoms with van der Waals surface area (Å²) in [5, 5.41) is 32.0. The van der Waals surface area contributed by atoms with Crippen LogP contribution in [0.1, 0.15) is 12.5 Å². The molecule has 22 heavy (non-hydrogen) atoms. The van der Waals surface area contributed by atoms with Gasteiger partial charge in [-0.05, 0) is 5.56 Å². The van der Waals surface area contributed by atoms with Crippen molar-refractivity contribution in [3.63, 3.8) is 0 Å². The SMILES string of the molecule is CC(=O)N[C@@H]1[C@@H](O)[C@@H](O)[C@@H](CO)O[C@@H]1SCc1ccccc1. The fraction of sp³-hybridized carbons (Fsp3) is 0.533. The zero-order valence-corrected chi connectivity index (χ0v) is 13.1. The average Bonchev–Trinajstić information content (AvgIpc) is 2.52. The van der Waals surface area contributed by atoms with Gasteiger partial charge < -0.3 is 25.4 Å². The molecule has 4 N–H and O–H groups in total. The van der Waals surface area contributed by atoms with E-state index in [2.05, 4.69) is 5.32 Å². The number of hydrogen-bond acceptors (Lipinski definition) is 6. The Kier molecular flexibility index (Phi) is 6.22. The first-order valence-electron chi connectivity index (χ1n) is 7.08. The van der Waals surface area contributed by atoms with Crippen LogP contribution in [0.2, 0.25) is 0 Å². The molecular weight excluding hydrogens is 306 g/mol. The maximum Gasteiger partial charge on any atom is 0.217 e. The molecule has 1 aromatic carbocycles. The number of aliphatic hydroxyl groups is 3. The molecule has 0 saturated carbocycles. The van der Waals surface area contributed by atoms with Gasteiger partial charge in [0.25, 0.3) is 0 Å². The highest BCUT2D eigenvalue weighted by atomic mass is 32.2. The minimum absolute atomic E-state index is 0.312. The van der Waals surface area contributed by atoms with Gasteiger partial charge in [0.15, 0.2) is 0 Å². The summed E-state index contributed by atoms with van der Waals surface area (Å²) in [5.41, 5.74) is 0.526. The minimum Gasteiger partial charge on any atom is -0.394 e. The van der Waals surface area contributed by atoms with Crippen molar-refractivity contribution in [2.45, 2.75) is 42.5 Å². The van der Waals surface area contributed by atoms with Gasteiger partial charge in [-0.25, -0.2) is 0 Å². The summed E-state index contributed by atoms with van der Waals surface area (Å²) in [5.74, 6) is 0.315. The van der Waals surface area contributed by atoms with Crippen LogP contribution in [0.4, 0.5) is 0 Å². The number of rotatable bonds is 5. The van der Waals surface area contributed by atoms with Gasteiger partial charge in [0.2, 0.25) is 5.91 Å². The smallest absolute Gasteiger partial charge is 0.217 e. The number of hydrogen-bond donors (Lipinski definition) is 4. The van der Waals surface area contributed by atoms with E-state index >= 15 is 0 Å². The van der Waals surface area contributed by atoms with E-state index < -0.39 is 36.4 Å². The Labute approximate surface area is 133 Å². The van der Waals surface area contributed by atoms with Crippen molar-refractivity contribution in [1.82, 2.24) is 5.32 Å². The summed E-state index contributed by atoms with van der Waals surface area (Å²) >= 11 is 1.41. The molecule has 1 fully saturated rings. The lowest BCUT2D eigenvalue weighted by atomic mass is 9.98. The zero-order chi connectivity index (χ0) is 16.1. The van der Waals surface area contributed by atoms with E-state index in [4.69, 9.17) is 4.74 Å². The number of carbonyl (C=O) groups excluding carboxylic acids is 1. The Bertz CT molecular complexity index is 486. The van der Waals surface area contributed by atoms with E-state index in [0.29, 0.717) is 5.75 Å². The summed E-state index contributed by atoms with van der Waals surface area (Å²) in [6, 6.07) is 8.99. The van der Waals surface area contributed by atoms with Crippen molar-refractivity contribution in [2.24, 2.45) is 0 Å². The predicted molar refractivity (Wildman–Crippen MR) is 83.1 cm³/mol. The molecule has 0 aliphatic carbocycles. The second kappa shape index (κ2) is 7.94. The third kappa shape index (κ3) is 4.21. The molecule has 0 unspecified atom stereocenters. The number of aliphatic hydroxyl groups excluding tert-OH is 3. The molecule has 0 bridgehead atoms. The predicted octanol–water partition coefficient (Wildman–Crippen LogP) is -0.136. The Balaban J connectivity index is 2.07. The van der Waals surface area contributed by atoms with Crippen LogP contribution in [0.25, 0.3) is 0 Å². The van der Waals surface area contributed by atoms with Crippen LogP contribution >= 0.6 is 11.8 Å². The summed E-state index contributed by atoms with van der Waals surface area (Å²) in [6.45, 7) is 0.948. The average molecular weight is 327 g/mol. The molecule has 7 heteroatoms. The molecule has 2 rings (SSSR count). The van der Waals surface area contributed by atoms with Crippen molar-refractivity contribution in [3.8, 4) is 0 Å².